The minimum atomic E-state index is 0.0643. The lowest BCUT2D eigenvalue weighted by Gasteiger charge is -2.46. The molecule has 2 rings (SSSR count). The van der Waals surface area contributed by atoms with Crippen LogP contribution in [0.3, 0.4) is 0 Å². The predicted molar refractivity (Wildman–Crippen MR) is 71.0 cm³/mol. The molecule has 0 aromatic carbocycles. The van der Waals surface area contributed by atoms with Crippen molar-refractivity contribution in [2.45, 2.75) is 57.1 Å². The van der Waals surface area contributed by atoms with Gasteiger partial charge >= 0.3 is 0 Å². The van der Waals surface area contributed by atoms with Gasteiger partial charge in [0.05, 0.1) is 5.60 Å². The van der Waals surface area contributed by atoms with E-state index in [1.807, 2.05) is 7.11 Å². The van der Waals surface area contributed by atoms with E-state index in [2.05, 4.69) is 11.8 Å². The van der Waals surface area contributed by atoms with Gasteiger partial charge in [-0.15, -0.1) is 0 Å². The van der Waals surface area contributed by atoms with Crippen molar-refractivity contribution in [1.29, 1.82) is 0 Å². The molecule has 0 bridgehead atoms. The third-order valence-corrected chi connectivity index (χ3v) is 4.82. The van der Waals surface area contributed by atoms with Crippen LogP contribution in [0.4, 0.5) is 0 Å². The second-order valence-electron chi connectivity index (χ2n) is 6.08. The van der Waals surface area contributed by atoms with Crippen LogP contribution in [0, 0.1) is 5.92 Å². The van der Waals surface area contributed by atoms with Crippen LogP contribution in [0.2, 0.25) is 0 Å². The molecule has 1 saturated carbocycles. The summed E-state index contributed by atoms with van der Waals surface area (Å²) in [5.41, 5.74) is 6.01. The summed E-state index contributed by atoms with van der Waals surface area (Å²) in [6.45, 7) is 5.43. The van der Waals surface area contributed by atoms with Gasteiger partial charge in [-0.3, -0.25) is 4.90 Å². The lowest BCUT2D eigenvalue weighted by molar-refractivity contribution is -0.0711. The second-order valence-corrected chi connectivity index (χ2v) is 6.08. The van der Waals surface area contributed by atoms with E-state index in [9.17, 15) is 0 Å². The average Bonchev–Trinajstić information content (AvgIpc) is 2.39. The number of ether oxygens (including phenoxy) is 1. The molecule has 17 heavy (non-hydrogen) atoms. The molecule has 0 amide bonds. The summed E-state index contributed by atoms with van der Waals surface area (Å²) in [4.78, 5) is 2.66. The zero-order valence-corrected chi connectivity index (χ0v) is 11.5. The van der Waals surface area contributed by atoms with Gasteiger partial charge in [-0.2, -0.15) is 0 Å². The van der Waals surface area contributed by atoms with Crippen molar-refractivity contribution < 1.29 is 4.74 Å². The summed E-state index contributed by atoms with van der Waals surface area (Å²) in [6.07, 6.45) is 7.86. The highest BCUT2D eigenvalue weighted by atomic mass is 16.5. The number of likely N-dealkylation sites (tertiary alicyclic amines) is 1. The maximum atomic E-state index is 5.94. The van der Waals surface area contributed by atoms with E-state index < -0.39 is 0 Å². The van der Waals surface area contributed by atoms with E-state index in [4.69, 9.17) is 10.5 Å². The Morgan fingerprint density at radius 2 is 2.06 bits per heavy atom. The first-order chi connectivity index (χ1) is 8.18. The highest BCUT2D eigenvalue weighted by Crippen LogP contribution is 2.32. The van der Waals surface area contributed by atoms with Gasteiger partial charge in [0.15, 0.2) is 0 Å². The topological polar surface area (TPSA) is 38.5 Å². The van der Waals surface area contributed by atoms with Crippen LogP contribution in [-0.4, -0.2) is 43.3 Å². The van der Waals surface area contributed by atoms with Crippen LogP contribution < -0.4 is 5.73 Å². The van der Waals surface area contributed by atoms with E-state index in [1.165, 1.54) is 45.1 Å². The fourth-order valence-corrected chi connectivity index (χ4v) is 3.64. The highest BCUT2D eigenvalue weighted by Gasteiger charge is 2.37. The van der Waals surface area contributed by atoms with Gasteiger partial charge in [-0.05, 0) is 51.6 Å². The van der Waals surface area contributed by atoms with E-state index in [0.717, 1.165) is 13.1 Å². The van der Waals surface area contributed by atoms with Gasteiger partial charge in [-0.1, -0.05) is 12.8 Å². The number of rotatable bonds is 3. The molecule has 2 aliphatic rings. The molecule has 3 nitrogen and oxygen atoms in total. The molecular formula is C14H28N2O. The van der Waals surface area contributed by atoms with E-state index >= 15 is 0 Å². The monoisotopic (exact) mass is 240 g/mol. The van der Waals surface area contributed by atoms with Crippen LogP contribution in [0.15, 0.2) is 0 Å². The lowest BCUT2D eigenvalue weighted by atomic mass is 9.81. The maximum absolute atomic E-state index is 5.94. The number of nitrogens with zero attached hydrogens (tertiary/aromatic N) is 1. The Balaban J connectivity index is 2.00. The van der Waals surface area contributed by atoms with Crippen LogP contribution in [0.5, 0.6) is 0 Å². The summed E-state index contributed by atoms with van der Waals surface area (Å²) in [5, 5.41) is 0. The molecule has 3 heteroatoms. The first-order valence-electron chi connectivity index (χ1n) is 7.18. The van der Waals surface area contributed by atoms with E-state index in [0.29, 0.717) is 12.0 Å². The number of hydrogen-bond donors (Lipinski definition) is 1. The first kappa shape index (κ1) is 13.3. The summed E-state index contributed by atoms with van der Waals surface area (Å²) < 4.78 is 5.70. The summed E-state index contributed by atoms with van der Waals surface area (Å²) >= 11 is 0. The molecule has 0 aromatic heterocycles. The molecule has 1 aliphatic heterocycles. The zero-order valence-electron chi connectivity index (χ0n) is 11.5. The van der Waals surface area contributed by atoms with Crippen molar-refractivity contribution in [3.8, 4) is 0 Å². The third-order valence-electron chi connectivity index (χ3n) is 4.82. The van der Waals surface area contributed by atoms with Gasteiger partial charge in [0, 0.05) is 19.7 Å². The van der Waals surface area contributed by atoms with Crippen molar-refractivity contribution >= 4 is 0 Å². The number of methoxy groups -OCH3 is 1. The third kappa shape index (κ3) is 3.01. The van der Waals surface area contributed by atoms with Gasteiger partial charge in [-0.25, -0.2) is 0 Å². The quantitative estimate of drug-likeness (QED) is 0.820. The Kier molecular flexibility index (Phi) is 4.45. The van der Waals surface area contributed by atoms with Gasteiger partial charge in [0.25, 0.3) is 0 Å². The summed E-state index contributed by atoms with van der Waals surface area (Å²) in [7, 11) is 1.85. The van der Waals surface area contributed by atoms with Crippen molar-refractivity contribution in [2.75, 3.05) is 26.7 Å². The molecule has 0 aromatic rings. The molecule has 3 unspecified atom stereocenters. The predicted octanol–water partition coefficient (Wildman–Crippen LogP) is 2.00. The largest absolute Gasteiger partial charge is 0.377 e. The Hall–Kier alpha value is -0.120. The molecule has 0 spiro atoms. The Morgan fingerprint density at radius 1 is 1.29 bits per heavy atom. The smallest absolute Gasteiger partial charge is 0.0777 e. The first-order valence-corrected chi connectivity index (χ1v) is 7.18. The van der Waals surface area contributed by atoms with Crippen LogP contribution in [0.1, 0.15) is 45.4 Å². The van der Waals surface area contributed by atoms with Crippen molar-refractivity contribution in [3.05, 3.63) is 0 Å². The Morgan fingerprint density at radius 3 is 2.76 bits per heavy atom. The average molecular weight is 240 g/mol. The SMILES string of the molecule is COC1(C)CCCN(C2CCCCC2CN)C1. The van der Waals surface area contributed by atoms with E-state index in [1.54, 1.807) is 0 Å². The fourth-order valence-electron chi connectivity index (χ4n) is 3.64. The lowest BCUT2D eigenvalue weighted by Crippen LogP contribution is -2.54. The number of nitrogens with two attached hydrogens (primary N) is 1. The molecule has 1 aliphatic carbocycles. The van der Waals surface area contributed by atoms with Crippen molar-refractivity contribution in [2.24, 2.45) is 11.7 Å². The standard InChI is InChI=1S/C14H28N2O/c1-14(17-2)8-5-9-16(11-14)13-7-4-3-6-12(13)10-15/h12-13H,3-11,15H2,1-2H3. The molecule has 0 radical (unpaired) electrons. The van der Waals surface area contributed by atoms with Crippen molar-refractivity contribution in [3.63, 3.8) is 0 Å². The molecule has 100 valence electrons. The molecule has 1 saturated heterocycles. The minimum absolute atomic E-state index is 0.0643. The fraction of sp³-hybridized carbons (Fsp3) is 1.00. The minimum Gasteiger partial charge on any atom is -0.377 e. The zero-order chi connectivity index (χ0) is 12.3. The van der Waals surface area contributed by atoms with Crippen LogP contribution >= 0.6 is 0 Å². The van der Waals surface area contributed by atoms with E-state index in [-0.39, 0.29) is 5.60 Å². The molecule has 2 N–H and O–H groups in total. The van der Waals surface area contributed by atoms with Crippen LogP contribution in [-0.2, 0) is 4.74 Å². The molecular weight excluding hydrogens is 212 g/mol. The summed E-state index contributed by atoms with van der Waals surface area (Å²) in [5.74, 6) is 0.711. The summed E-state index contributed by atoms with van der Waals surface area (Å²) in [6, 6.07) is 0.712. The van der Waals surface area contributed by atoms with Gasteiger partial charge in [0.1, 0.15) is 0 Å². The van der Waals surface area contributed by atoms with Crippen LogP contribution in [0.25, 0.3) is 0 Å². The Labute approximate surface area is 106 Å². The molecule has 3 atom stereocenters. The second kappa shape index (κ2) is 5.68. The number of piperidine rings is 1. The van der Waals surface area contributed by atoms with Gasteiger partial charge in [0.2, 0.25) is 0 Å². The maximum Gasteiger partial charge on any atom is 0.0777 e. The molecule has 2 fully saturated rings. The molecule has 1 heterocycles. The number of hydrogen-bond acceptors (Lipinski definition) is 3. The normalized spacial score (nSPS) is 40.4. The highest BCUT2D eigenvalue weighted by molar-refractivity contribution is 4.91. The Bertz CT molecular complexity index is 246. The van der Waals surface area contributed by atoms with Gasteiger partial charge < -0.3 is 10.5 Å². The van der Waals surface area contributed by atoms with Crippen molar-refractivity contribution in [1.82, 2.24) is 4.90 Å².